The Bertz CT molecular complexity index is 502. The number of carbonyl (C=O) groups is 1. The van der Waals surface area contributed by atoms with Crippen LogP contribution in [0.3, 0.4) is 0 Å². The molecule has 2 nitrogen and oxygen atoms in total. The number of hydrogen-bond donors (Lipinski definition) is 0. The molecular formula is C21H32O2S. The summed E-state index contributed by atoms with van der Waals surface area (Å²) in [6.45, 7) is 9.01. The average molecular weight is 349 g/mol. The van der Waals surface area contributed by atoms with Gasteiger partial charge in [0.1, 0.15) is 0 Å². The summed E-state index contributed by atoms with van der Waals surface area (Å²) < 4.78 is 5.61. The average Bonchev–Trinajstić information content (AvgIpc) is 2.56. The molecule has 0 aliphatic heterocycles. The summed E-state index contributed by atoms with van der Waals surface area (Å²) in [5, 5.41) is 0. The molecule has 0 aromatic heterocycles. The summed E-state index contributed by atoms with van der Waals surface area (Å²) in [6.07, 6.45) is 7.77. The highest BCUT2D eigenvalue weighted by Crippen LogP contribution is 2.38. The summed E-state index contributed by atoms with van der Waals surface area (Å²) in [7, 11) is 0. The minimum atomic E-state index is -0.483. The van der Waals surface area contributed by atoms with Crippen LogP contribution in [-0.4, -0.2) is 12.6 Å². The lowest BCUT2D eigenvalue weighted by molar-refractivity contribution is -0.154. The van der Waals surface area contributed by atoms with Crippen LogP contribution in [0.2, 0.25) is 0 Å². The Balaban J connectivity index is 2.97. The first-order chi connectivity index (χ1) is 11.6. The van der Waals surface area contributed by atoms with Crippen LogP contribution in [0, 0.1) is 5.41 Å². The van der Waals surface area contributed by atoms with Gasteiger partial charge in [-0.15, -0.1) is 0 Å². The molecule has 0 unspecified atom stereocenters. The van der Waals surface area contributed by atoms with Crippen molar-refractivity contribution in [2.24, 2.45) is 5.41 Å². The maximum Gasteiger partial charge on any atom is 0.315 e. The molecular weight excluding hydrogens is 316 g/mol. The number of esters is 1. The summed E-state index contributed by atoms with van der Waals surface area (Å²) >= 11 is 1.72. The van der Waals surface area contributed by atoms with Gasteiger partial charge in [0.2, 0.25) is 0 Å². The molecule has 0 saturated heterocycles. The van der Waals surface area contributed by atoms with E-state index < -0.39 is 5.41 Å². The standard InChI is InChI=1S/C21H32O2S/c1-5-8-16-23-20(22)21(14-6-2,15-7-3)17-18(4)24-19-12-10-9-11-13-19/h9-13,17H,5-8,14-16H2,1-4H3/b18-17+. The Labute approximate surface area is 152 Å². The normalized spacial score (nSPS) is 12.2. The van der Waals surface area contributed by atoms with Gasteiger partial charge in [0.05, 0.1) is 12.0 Å². The number of allylic oxidation sites excluding steroid dienone is 1. The van der Waals surface area contributed by atoms with E-state index in [0.29, 0.717) is 6.61 Å². The van der Waals surface area contributed by atoms with E-state index >= 15 is 0 Å². The lowest BCUT2D eigenvalue weighted by Crippen LogP contribution is -2.31. The van der Waals surface area contributed by atoms with E-state index in [4.69, 9.17) is 4.74 Å². The maximum absolute atomic E-state index is 12.8. The summed E-state index contributed by atoms with van der Waals surface area (Å²) in [4.78, 5) is 15.2. The summed E-state index contributed by atoms with van der Waals surface area (Å²) in [5.41, 5.74) is -0.483. The number of thioether (sulfide) groups is 1. The summed E-state index contributed by atoms with van der Waals surface area (Å²) in [6, 6.07) is 10.3. The van der Waals surface area contributed by atoms with Gasteiger partial charge in [-0.2, -0.15) is 0 Å². The minimum Gasteiger partial charge on any atom is -0.465 e. The van der Waals surface area contributed by atoms with Gasteiger partial charge < -0.3 is 4.74 Å². The first-order valence-electron chi connectivity index (χ1n) is 9.17. The van der Waals surface area contributed by atoms with Crippen molar-refractivity contribution < 1.29 is 9.53 Å². The molecule has 0 amide bonds. The maximum atomic E-state index is 12.8. The number of rotatable bonds is 11. The van der Waals surface area contributed by atoms with E-state index in [-0.39, 0.29) is 5.97 Å². The molecule has 0 radical (unpaired) electrons. The van der Waals surface area contributed by atoms with Gasteiger partial charge in [0, 0.05) is 4.90 Å². The van der Waals surface area contributed by atoms with Gasteiger partial charge in [-0.1, -0.05) is 76.1 Å². The Hall–Kier alpha value is -1.22. The fraction of sp³-hybridized carbons (Fsp3) is 0.571. The molecule has 1 rings (SSSR count). The Morgan fingerprint density at radius 3 is 2.25 bits per heavy atom. The zero-order valence-electron chi connectivity index (χ0n) is 15.6. The molecule has 0 heterocycles. The topological polar surface area (TPSA) is 26.3 Å². The van der Waals surface area contributed by atoms with E-state index in [1.165, 1.54) is 4.90 Å². The van der Waals surface area contributed by atoms with Crippen molar-refractivity contribution >= 4 is 17.7 Å². The Kier molecular flexibility index (Phi) is 9.85. The molecule has 0 atom stereocenters. The number of unbranched alkanes of at least 4 members (excludes halogenated alkanes) is 1. The van der Waals surface area contributed by atoms with Crippen LogP contribution < -0.4 is 0 Å². The monoisotopic (exact) mass is 348 g/mol. The van der Waals surface area contributed by atoms with Crippen molar-refractivity contribution in [2.45, 2.75) is 71.1 Å². The predicted molar refractivity (Wildman–Crippen MR) is 104 cm³/mol. The highest BCUT2D eigenvalue weighted by molar-refractivity contribution is 8.03. The van der Waals surface area contributed by atoms with Gasteiger partial charge in [-0.25, -0.2) is 0 Å². The molecule has 134 valence electrons. The third-order valence-electron chi connectivity index (χ3n) is 4.03. The molecule has 0 aliphatic rings. The van der Waals surface area contributed by atoms with Crippen LogP contribution in [-0.2, 0) is 9.53 Å². The molecule has 0 aliphatic carbocycles. The van der Waals surface area contributed by atoms with Crippen LogP contribution in [0.15, 0.2) is 46.2 Å². The fourth-order valence-electron chi connectivity index (χ4n) is 2.97. The van der Waals surface area contributed by atoms with E-state index in [9.17, 15) is 4.79 Å². The third-order valence-corrected chi connectivity index (χ3v) is 4.98. The highest BCUT2D eigenvalue weighted by atomic mass is 32.2. The van der Waals surface area contributed by atoms with E-state index in [0.717, 1.165) is 43.4 Å². The van der Waals surface area contributed by atoms with Crippen molar-refractivity contribution in [2.75, 3.05) is 6.61 Å². The zero-order valence-corrected chi connectivity index (χ0v) is 16.5. The fourth-order valence-corrected chi connectivity index (χ4v) is 3.92. The second-order valence-electron chi connectivity index (χ2n) is 6.32. The van der Waals surface area contributed by atoms with Crippen molar-refractivity contribution in [3.05, 3.63) is 41.3 Å². The van der Waals surface area contributed by atoms with Crippen molar-refractivity contribution in [1.82, 2.24) is 0 Å². The first-order valence-corrected chi connectivity index (χ1v) is 9.99. The highest BCUT2D eigenvalue weighted by Gasteiger charge is 2.36. The number of ether oxygens (including phenoxy) is 1. The molecule has 0 fully saturated rings. The molecule has 0 saturated carbocycles. The molecule has 0 N–H and O–H groups in total. The van der Waals surface area contributed by atoms with Gasteiger partial charge >= 0.3 is 5.97 Å². The lowest BCUT2D eigenvalue weighted by Gasteiger charge is -2.29. The van der Waals surface area contributed by atoms with Crippen molar-refractivity contribution in [3.63, 3.8) is 0 Å². The van der Waals surface area contributed by atoms with E-state index in [1.54, 1.807) is 11.8 Å². The van der Waals surface area contributed by atoms with Gasteiger partial charge in [-0.05, 0) is 43.2 Å². The lowest BCUT2D eigenvalue weighted by atomic mass is 9.79. The molecule has 24 heavy (non-hydrogen) atoms. The van der Waals surface area contributed by atoms with Crippen molar-refractivity contribution in [3.8, 4) is 0 Å². The zero-order chi connectivity index (χ0) is 17.8. The van der Waals surface area contributed by atoms with Gasteiger partial charge in [-0.3, -0.25) is 4.79 Å². The van der Waals surface area contributed by atoms with Crippen LogP contribution in [0.1, 0.15) is 66.2 Å². The molecule has 0 bridgehead atoms. The van der Waals surface area contributed by atoms with Gasteiger partial charge in [0.15, 0.2) is 0 Å². The third kappa shape index (κ3) is 6.72. The van der Waals surface area contributed by atoms with E-state index in [1.807, 2.05) is 18.2 Å². The first kappa shape index (κ1) is 20.8. The Morgan fingerprint density at radius 2 is 1.71 bits per heavy atom. The minimum absolute atomic E-state index is 0.0485. The second-order valence-corrected chi connectivity index (χ2v) is 7.64. The van der Waals surface area contributed by atoms with E-state index in [2.05, 4.69) is 45.9 Å². The van der Waals surface area contributed by atoms with Crippen LogP contribution in [0.5, 0.6) is 0 Å². The molecule has 1 aromatic carbocycles. The van der Waals surface area contributed by atoms with Crippen molar-refractivity contribution in [1.29, 1.82) is 0 Å². The SMILES string of the molecule is CCCCOC(=O)C(/C=C(\C)Sc1ccccc1)(CCC)CCC. The molecule has 3 heteroatoms. The molecule has 0 spiro atoms. The Morgan fingerprint density at radius 1 is 1.08 bits per heavy atom. The molecule has 1 aromatic rings. The smallest absolute Gasteiger partial charge is 0.315 e. The number of hydrogen-bond acceptors (Lipinski definition) is 3. The quantitative estimate of drug-likeness (QED) is 0.255. The van der Waals surface area contributed by atoms with Crippen LogP contribution in [0.4, 0.5) is 0 Å². The van der Waals surface area contributed by atoms with Crippen LogP contribution >= 0.6 is 11.8 Å². The second kappa shape index (κ2) is 11.4. The largest absolute Gasteiger partial charge is 0.465 e. The van der Waals surface area contributed by atoms with Crippen LogP contribution in [0.25, 0.3) is 0 Å². The van der Waals surface area contributed by atoms with Gasteiger partial charge in [0.25, 0.3) is 0 Å². The predicted octanol–water partition coefficient (Wildman–Crippen LogP) is 6.61. The number of benzene rings is 1. The number of carbonyl (C=O) groups excluding carboxylic acids is 1. The summed E-state index contributed by atoms with van der Waals surface area (Å²) in [5.74, 6) is -0.0485.